The van der Waals surface area contributed by atoms with Crippen LogP contribution >= 0.6 is 0 Å². The predicted molar refractivity (Wildman–Crippen MR) is 265 cm³/mol. The number of para-hydroxylation sites is 4. The molecule has 0 amide bonds. The van der Waals surface area contributed by atoms with E-state index in [4.69, 9.17) is 13.3 Å². The lowest BCUT2D eigenvalue weighted by Crippen LogP contribution is -2.36. The second-order valence-corrected chi connectivity index (χ2v) is 17.4. The molecule has 0 atom stereocenters. The van der Waals surface area contributed by atoms with Gasteiger partial charge < -0.3 is 18.2 Å². The van der Waals surface area contributed by atoms with Crippen molar-refractivity contribution in [3.8, 4) is 33.4 Å². The largest absolute Gasteiger partial charge is 0.456 e. The topological polar surface area (TPSA) is 42.7 Å². The van der Waals surface area contributed by atoms with Crippen LogP contribution in [0.25, 0.3) is 99.2 Å². The van der Waals surface area contributed by atoms with E-state index in [1.807, 2.05) is 18.2 Å². The molecular weight excluding hydrogens is 795 g/mol. The fourth-order valence-electron chi connectivity index (χ4n) is 11.7. The van der Waals surface area contributed by atoms with Crippen molar-refractivity contribution in [2.45, 2.75) is 5.41 Å². The Bertz CT molecular complexity index is 3950. The maximum absolute atomic E-state index is 6.88. The molecule has 302 valence electrons. The average molecular weight is 830 g/mol. The van der Waals surface area contributed by atoms with Crippen LogP contribution in [-0.4, -0.2) is 0 Å². The van der Waals surface area contributed by atoms with Crippen molar-refractivity contribution in [3.63, 3.8) is 0 Å². The normalized spacial score (nSPS) is 13.6. The molecule has 0 bridgehead atoms. The SMILES string of the molecule is c1ccc2c(c1)-c1ccccc1C21c2cc(-c3cccc4oc5ccccc5c34)ccc2N(c2cccc3c2oc2ccccc23)c2ccc(-c3cccc4oc5ccccc5c34)cc21. The van der Waals surface area contributed by atoms with Gasteiger partial charge in [0.15, 0.2) is 5.58 Å². The van der Waals surface area contributed by atoms with Crippen LogP contribution in [0.1, 0.15) is 22.3 Å². The maximum Gasteiger partial charge on any atom is 0.159 e. The van der Waals surface area contributed by atoms with Gasteiger partial charge in [-0.2, -0.15) is 0 Å². The highest BCUT2D eigenvalue weighted by Gasteiger charge is 2.52. The van der Waals surface area contributed by atoms with Gasteiger partial charge >= 0.3 is 0 Å². The second kappa shape index (κ2) is 12.7. The molecule has 3 aromatic heterocycles. The van der Waals surface area contributed by atoms with Crippen molar-refractivity contribution in [2.24, 2.45) is 0 Å². The van der Waals surface area contributed by atoms with Gasteiger partial charge in [-0.15, -0.1) is 0 Å². The summed E-state index contributed by atoms with van der Waals surface area (Å²) in [6, 6.07) is 76.8. The standard InChI is InChI=1S/C61H35NO3/c1-6-22-46-40(14-1)41-15-2-7-23-47(41)61(46)48-34-36(38-19-12-28-56-58(38)44-17-4-9-26-54(44)63-56)30-32-50(48)62(52-24-11-21-43-42-16-3-8-25-53(42)65-60(43)52)51-33-31-37(35-49(51)61)39-20-13-29-57-59(39)45-18-5-10-27-55(45)64-57/h1-35H. The summed E-state index contributed by atoms with van der Waals surface area (Å²) in [6.07, 6.45) is 0. The number of nitrogens with zero attached hydrogens (tertiary/aromatic N) is 1. The van der Waals surface area contributed by atoms with E-state index in [1.165, 1.54) is 33.4 Å². The third kappa shape index (κ3) is 4.55. The van der Waals surface area contributed by atoms with Crippen LogP contribution < -0.4 is 4.90 Å². The Hall–Kier alpha value is -8.60. The number of furan rings is 3. The van der Waals surface area contributed by atoms with Gasteiger partial charge in [0.25, 0.3) is 0 Å². The van der Waals surface area contributed by atoms with Crippen molar-refractivity contribution in [3.05, 3.63) is 235 Å². The summed E-state index contributed by atoms with van der Waals surface area (Å²) in [5.74, 6) is 0. The molecule has 0 saturated carbocycles. The third-order valence-electron chi connectivity index (χ3n) is 14.3. The van der Waals surface area contributed by atoms with Gasteiger partial charge in [-0.05, 0) is 116 Å². The van der Waals surface area contributed by atoms with Gasteiger partial charge in [-0.3, -0.25) is 0 Å². The zero-order valence-electron chi connectivity index (χ0n) is 34.9. The molecule has 0 radical (unpaired) electrons. The summed E-state index contributed by atoms with van der Waals surface area (Å²) < 4.78 is 19.8. The third-order valence-corrected chi connectivity index (χ3v) is 14.3. The molecule has 0 fully saturated rings. The number of anilines is 3. The second-order valence-electron chi connectivity index (χ2n) is 17.4. The number of hydrogen-bond acceptors (Lipinski definition) is 4. The number of benzene rings is 10. The molecule has 2 aliphatic rings. The Labute approximate surface area is 372 Å². The highest BCUT2D eigenvalue weighted by Crippen LogP contribution is 2.65. The molecule has 1 aliphatic heterocycles. The van der Waals surface area contributed by atoms with Crippen molar-refractivity contribution >= 4 is 82.9 Å². The first kappa shape index (κ1) is 34.9. The van der Waals surface area contributed by atoms with Gasteiger partial charge in [0.05, 0.1) is 22.5 Å². The highest BCUT2D eigenvalue weighted by molar-refractivity contribution is 6.15. The van der Waals surface area contributed by atoms with Gasteiger partial charge in [-0.25, -0.2) is 0 Å². The Morgan fingerprint density at radius 2 is 0.723 bits per heavy atom. The Balaban J connectivity index is 1.10. The summed E-state index contributed by atoms with van der Waals surface area (Å²) in [4.78, 5) is 2.46. The molecule has 0 N–H and O–H groups in total. The van der Waals surface area contributed by atoms with Crippen LogP contribution in [0.3, 0.4) is 0 Å². The van der Waals surface area contributed by atoms with Gasteiger partial charge in [0, 0.05) is 32.3 Å². The van der Waals surface area contributed by atoms with Crippen molar-refractivity contribution in [1.29, 1.82) is 0 Å². The maximum atomic E-state index is 6.88. The fourth-order valence-corrected chi connectivity index (χ4v) is 11.7. The molecule has 4 heteroatoms. The smallest absolute Gasteiger partial charge is 0.159 e. The van der Waals surface area contributed by atoms with Crippen LogP contribution in [0, 0.1) is 0 Å². The summed E-state index contributed by atoms with van der Waals surface area (Å²) >= 11 is 0. The molecule has 65 heavy (non-hydrogen) atoms. The Kier molecular flexibility index (Phi) is 6.85. The first-order valence-electron chi connectivity index (χ1n) is 22.2. The zero-order valence-corrected chi connectivity index (χ0v) is 34.9. The molecule has 0 saturated heterocycles. The Morgan fingerprint density at radius 1 is 0.292 bits per heavy atom. The number of fused-ring (bicyclic) bond motifs is 18. The lowest BCUT2D eigenvalue weighted by atomic mass is 9.64. The molecule has 1 spiro atoms. The van der Waals surface area contributed by atoms with E-state index in [0.717, 1.165) is 105 Å². The van der Waals surface area contributed by atoms with E-state index < -0.39 is 5.41 Å². The van der Waals surface area contributed by atoms with Crippen LogP contribution in [0.15, 0.2) is 226 Å². The molecule has 15 rings (SSSR count). The lowest BCUT2D eigenvalue weighted by Gasteiger charge is -2.45. The van der Waals surface area contributed by atoms with E-state index >= 15 is 0 Å². The summed E-state index contributed by atoms with van der Waals surface area (Å²) in [6.45, 7) is 0. The molecule has 13 aromatic rings. The van der Waals surface area contributed by atoms with Gasteiger partial charge in [0.1, 0.15) is 27.9 Å². The van der Waals surface area contributed by atoms with Gasteiger partial charge in [-0.1, -0.05) is 152 Å². The molecular formula is C61H35NO3. The predicted octanol–water partition coefficient (Wildman–Crippen LogP) is 16.9. The van der Waals surface area contributed by atoms with Crippen molar-refractivity contribution in [1.82, 2.24) is 0 Å². The minimum absolute atomic E-state index is 0.707. The first-order valence-corrected chi connectivity index (χ1v) is 22.2. The van der Waals surface area contributed by atoms with Crippen molar-refractivity contribution < 1.29 is 13.3 Å². The molecule has 4 nitrogen and oxygen atoms in total. The quantitative estimate of drug-likeness (QED) is 0.178. The van der Waals surface area contributed by atoms with Crippen LogP contribution in [0.2, 0.25) is 0 Å². The Morgan fingerprint density at radius 3 is 1.29 bits per heavy atom. The lowest BCUT2D eigenvalue weighted by molar-refractivity contribution is 0.668. The first-order chi connectivity index (χ1) is 32.2. The van der Waals surface area contributed by atoms with E-state index in [-0.39, 0.29) is 0 Å². The zero-order chi connectivity index (χ0) is 42.4. The molecule has 4 heterocycles. The molecule has 10 aromatic carbocycles. The van der Waals surface area contributed by atoms with E-state index in [2.05, 4.69) is 199 Å². The van der Waals surface area contributed by atoms with Crippen LogP contribution in [0.5, 0.6) is 0 Å². The van der Waals surface area contributed by atoms with Gasteiger partial charge in [0.2, 0.25) is 0 Å². The highest BCUT2D eigenvalue weighted by atomic mass is 16.3. The van der Waals surface area contributed by atoms with E-state index in [0.29, 0.717) is 0 Å². The summed E-state index contributed by atoms with van der Waals surface area (Å²) in [5.41, 5.74) is 19.6. The number of hydrogen-bond donors (Lipinski definition) is 0. The monoisotopic (exact) mass is 829 g/mol. The summed E-state index contributed by atoms with van der Waals surface area (Å²) in [5, 5.41) is 6.64. The fraction of sp³-hybridized carbons (Fsp3) is 0.0164. The molecule has 0 unspecified atom stereocenters. The minimum atomic E-state index is -0.707. The van der Waals surface area contributed by atoms with Crippen LogP contribution in [-0.2, 0) is 5.41 Å². The minimum Gasteiger partial charge on any atom is -0.456 e. The van der Waals surface area contributed by atoms with Crippen LogP contribution in [0.4, 0.5) is 17.1 Å². The average Bonchev–Trinajstić information content (AvgIpc) is 4.13. The van der Waals surface area contributed by atoms with E-state index in [1.54, 1.807) is 0 Å². The molecule has 1 aliphatic carbocycles. The van der Waals surface area contributed by atoms with Crippen molar-refractivity contribution in [2.75, 3.05) is 4.90 Å². The van der Waals surface area contributed by atoms with E-state index in [9.17, 15) is 0 Å². The number of rotatable bonds is 3. The summed E-state index contributed by atoms with van der Waals surface area (Å²) in [7, 11) is 0.